The lowest BCUT2D eigenvalue weighted by Gasteiger charge is -2.44. The third kappa shape index (κ3) is 9.48. The number of imide groups is 2. The lowest BCUT2D eigenvalue weighted by atomic mass is 9.90. The molecule has 4 fully saturated rings. The topological polar surface area (TPSA) is 152 Å². The SMILES string of the molecule is CCOc1cc([C@@H](CS(C)(=O)=O)N2C(=O)c3cccc(N4CCN(C5CCN(CCN6CCN(c7ccc(C8CCC(=O)NC8=O)cc7)CC6)CC5)CC4)c3C2=O)ccc1OC. The summed E-state index contributed by atoms with van der Waals surface area (Å²) in [6, 6.07) is 18.1. The van der Waals surface area contributed by atoms with Gasteiger partial charge in [-0.1, -0.05) is 24.3 Å². The number of ether oxygens (including phenoxy) is 2. The molecule has 15 nitrogen and oxygen atoms in total. The van der Waals surface area contributed by atoms with Gasteiger partial charge in [0.1, 0.15) is 9.84 Å². The predicted molar refractivity (Wildman–Crippen MR) is 237 cm³/mol. The number of amides is 4. The van der Waals surface area contributed by atoms with Crippen molar-refractivity contribution in [2.45, 2.75) is 50.6 Å². The first-order valence-corrected chi connectivity index (χ1v) is 24.1. The zero-order chi connectivity index (χ0) is 43.5. The molecule has 62 heavy (non-hydrogen) atoms. The maximum absolute atomic E-state index is 14.3. The number of rotatable bonds is 14. The first kappa shape index (κ1) is 43.6. The minimum absolute atomic E-state index is 0.189. The van der Waals surface area contributed by atoms with E-state index in [9.17, 15) is 27.6 Å². The van der Waals surface area contributed by atoms with E-state index in [4.69, 9.17) is 9.47 Å². The van der Waals surface area contributed by atoms with Gasteiger partial charge in [0.2, 0.25) is 11.8 Å². The molecule has 0 bridgehead atoms. The molecular weight excluding hydrogens is 811 g/mol. The van der Waals surface area contributed by atoms with Crippen LogP contribution >= 0.6 is 0 Å². The molecule has 0 spiro atoms. The van der Waals surface area contributed by atoms with Crippen LogP contribution in [0, 0.1) is 0 Å². The summed E-state index contributed by atoms with van der Waals surface area (Å²) in [5.41, 5.74) is 3.94. The minimum Gasteiger partial charge on any atom is -0.493 e. The number of fused-ring (bicyclic) bond motifs is 1. The van der Waals surface area contributed by atoms with Gasteiger partial charge in [0, 0.05) is 89.9 Å². The average Bonchev–Trinajstić information content (AvgIpc) is 3.53. The van der Waals surface area contributed by atoms with Gasteiger partial charge in [-0.25, -0.2) is 8.42 Å². The van der Waals surface area contributed by atoms with Crippen LogP contribution in [0.2, 0.25) is 0 Å². The standard InChI is InChI=1S/C46H59N7O8S/c1-4-61-41-30-33(10-14-40(41)60-2)39(31-62(3,58)59)53-45(56)37-6-5-7-38(43(37)46(53)57)52-28-26-51(27-29-52)35-16-18-48(19-17-35)20-21-49-22-24-50(25-23-49)34-11-8-32(9-12-34)36-13-15-42(54)47-44(36)55/h5-12,14,30,35-36,39H,4,13,15-29,31H2,1-3H3,(H,47,54,55)/t36?,39-/m1/s1. The molecule has 5 heterocycles. The third-order valence-corrected chi connectivity index (χ3v) is 14.2. The van der Waals surface area contributed by atoms with Gasteiger partial charge < -0.3 is 24.2 Å². The van der Waals surface area contributed by atoms with Gasteiger partial charge in [-0.15, -0.1) is 0 Å². The van der Waals surface area contributed by atoms with Gasteiger partial charge in [-0.3, -0.25) is 39.2 Å². The van der Waals surface area contributed by atoms with Crippen molar-refractivity contribution in [3.05, 3.63) is 82.9 Å². The number of likely N-dealkylation sites (tertiary alicyclic amines) is 1. The predicted octanol–water partition coefficient (Wildman–Crippen LogP) is 3.40. The fraction of sp³-hybridized carbons (Fsp3) is 0.522. The molecule has 4 saturated heterocycles. The number of anilines is 2. The first-order chi connectivity index (χ1) is 29.9. The molecule has 5 aliphatic rings. The second-order valence-corrected chi connectivity index (χ2v) is 19.3. The summed E-state index contributed by atoms with van der Waals surface area (Å²) in [6.07, 6.45) is 4.29. The average molecular weight is 870 g/mol. The van der Waals surface area contributed by atoms with E-state index in [1.54, 1.807) is 24.3 Å². The zero-order valence-electron chi connectivity index (χ0n) is 36.1. The molecule has 1 N–H and O–H groups in total. The quantitative estimate of drug-likeness (QED) is 0.236. The number of piperazine rings is 2. The zero-order valence-corrected chi connectivity index (χ0v) is 36.9. The van der Waals surface area contributed by atoms with Crippen molar-refractivity contribution in [1.82, 2.24) is 24.9 Å². The highest BCUT2D eigenvalue weighted by Crippen LogP contribution is 2.40. The Bertz CT molecular complexity index is 2250. The third-order valence-electron chi connectivity index (χ3n) is 13.3. The Morgan fingerprint density at radius 1 is 0.758 bits per heavy atom. The van der Waals surface area contributed by atoms with E-state index in [1.807, 2.05) is 31.2 Å². The van der Waals surface area contributed by atoms with E-state index >= 15 is 0 Å². The second-order valence-electron chi connectivity index (χ2n) is 17.2. The van der Waals surface area contributed by atoms with Crippen molar-refractivity contribution in [1.29, 1.82) is 0 Å². The highest BCUT2D eigenvalue weighted by atomic mass is 32.2. The highest BCUT2D eigenvalue weighted by molar-refractivity contribution is 7.90. The Hall–Kier alpha value is -5.03. The van der Waals surface area contributed by atoms with Crippen LogP contribution < -0.4 is 24.6 Å². The molecule has 5 aliphatic heterocycles. The van der Waals surface area contributed by atoms with Gasteiger partial charge in [0.05, 0.1) is 48.2 Å². The van der Waals surface area contributed by atoms with Crippen LogP contribution in [0.15, 0.2) is 60.7 Å². The fourth-order valence-corrected chi connectivity index (χ4v) is 10.8. The van der Waals surface area contributed by atoms with Crippen LogP contribution in [0.5, 0.6) is 11.5 Å². The number of carbonyl (C=O) groups excluding carboxylic acids is 4. The van der Waals surface area contributed by atoms with Crippen LogP contribution in [-0.2, 0) is 19.4 Å². The monoisotopic (exact) mass is 869 g/mol. The largest absolute Gasteiger partial charge is 0.493 e. The minimum atomic E-state index is -3.62. The maximum Gasteiger partial charge on any atom is 0.264 e. The summed E-state index contributed by atoms with van der Waals surface area (Å²) in [5, 5.41) is 2.46. The van der Waals surface area contributed by atoms with Crippen molar-refractivity contribution in [2.75, 3.05) is 114 Å². The normalized spacial score (nSPS) is 21.6. The molecule has 3 aromatic rings. The molecule has 3 aromatic carbocycles. The number of hydrogen-bond donors (Lipinski definition) is 1. The molecule has 8 rings (SSSR count). The fourth-order valence-electron chi connectivity index (χ4n) is 9.89. The molecule has 0 saturated carbocycles. The molecule has 1 unspecified atom stereocenters. The Labute approximate surface area is 364 Å². The number of nitrogens with one attached hydrogen (secondary N) is 1. The summed E-state index contributed by atoms with van der Waals surface area (Å²) < 4.78 is 36.7. The van der Waals surface area contributed by atoms with Gasteiger partial charge >= 0.3 is 0 Å². The van der Waals surface area contributed by atoms with Crippen LogP contribution in [0.25, 0.3) is 0 Å². The van der Waals surface area contributed by atoms with E-state index in [0.29, 0.717) is 59.4 Å². The van der Waals surface area contributed by atoms with Crippen LogP contribution in [0.3, 0.4) is 0 Å². The van der Waals surface area contributed by atoms with E-state index in [-0.39, 0.29) is 17.7 Å². The van der Waals surface area contributed by atoms with Crippen LogP contribution in [0.4, 0.5) is 11.4 Å². The van der Waals surface area contributed by atoms with E-state index in [0.717, 1.165) is 108 Å². The van der Waals surface area contributed by atoms with Gasteiger partial charge in [0.25, 0.3) is 11.8 Å². The van der Waals surface area contributed by atoms with Crippen molar-refractivity contribution in [3.8, 4) is 11.5 Å². The summed E-state index contributed by atoms with van der Waals surface area (Å²) in [4.78, 5) is 65.7. The smallest absolute Gasteiger partial charge is 0.264 e. The van der Waals surface area contributed by atoms with Crippen molar-refractivity contribution in [2.24, 2.45) is 0 Å². The highest BCUT2D eigenvalue weighted by Gasteiger charge is 2.44. The lowest BCUT2D eigenvalue weighted by molar-refractivity contribution is -0.134. The number of sulfone groups is 1. The number of carbonyl (C=O) groups is 4. The number of hydrogen-bond acceptors (Lipinski definition) is 13. The lowest BCUT2D eigenvalue weighted by Crippen LogP contribution is -2.54. The number of methoxy groups -OCH3 is 1. The maximum atomic E-state index is 14.3. The molecule has 0 radical (unpaired) electrons. The molecule has 4 amide bonds. The summed E-state index contributed by atoms with van der Waals surface area (Å²) >= 11 is 0. The molecular formula is C46H59N7O8S. The second kappa shape index (κ2) is 18.8. The van der Waals surface area contributed by atoms with Gasteiger partial charge in [0.15, 0.2) is 11.5 Å². The van der Waals surface area contributed by atoms with E-state index in [2.05, 4.69) is 41.9 Å². The van der Waals surface area contributed by atoms with Crippen LogP contribution in [-0.4, -0.2) is 162 Å². The van der Waals surface area contributed by atoms with Gasteiger partial charge in [-0.05, 0) is 86.8 Å². The molecule has 0 aromatic heterocycles. The van der Waals surface area contributed by atoms with Crippen molar-refractivity contribution < 1.29 is 37.1 Å². The van der Waals surface area contributed by atoms with Crippen molar-refractivity contribution >= 4 is 44.8 Å². The Morgan fingerprint density at radius 2 is 1.44 bits per heavy atom. The van der Waals surface area contributed by atoms with E-state index in [1.165, 1.54) is 12.8 Å². The number of benzene rings is 3. The number of nitrogens with zero attached hydrogens (tertiary/aromatic N) is 6. The Balaban J connectivity index is 0.811. The van der Waals surface area contributed by atoms with Crippen molar-refractivity contribution in [3.63, 3.8) is 0 Å². The Kier molecular flexibility index (Phi) is 13.2. The summed E-state index contributed by atoms with van der Waals surface area (Å²) in [5.74, 6) is -1.18. The summed E-state index contributed by atoms with van der Waals surface area (Å²) in [6.45, 7) is 13.5. The molecule has 2 atom stereocenters. The first-order valence-electron chi connectivity index (χ1n) is 22.0. The van der Waals surface area contributed by atoms with Gasteiger partial charge in [-0.2, -0.15) is 0 Å². The molecule has 16 heteroatoms. The molecule has 332 valence electrons. The van der Waals surface area contributed by atoms with E-state index < -0.39 is 33.4 Å². The number of piperidine rings is 2. The van der Waals surface area contributed by atoms with Crippen LogP contribution in [0.1, 0.15) is 76.4 Å². The Morgan fingerprint density at radius 3 is 2.08 bits per heavy atom. The summed E-state index contributed by atoms with van der Waals surface area (Å²) in [7, 11) is -2.10. The molecule has 0 aliphatic carbocycles.